The summed E-state index contributed by atoms with van der Waals surface area (Å²) in [5.41, 5.74) is 1.47. The zero-order valence-electron chi connectivity index (χ0n) is 13.3. The topological polar surface area (TPSA) is 85.6 Å². The number of benzene rings is 2. The Bertz CT molecular complexity index is 1020. The molecule has 0 saturated heterocycles. The molecule has 0 saturated carbocycles. The number of hydrogen-bond acceptors (Lipinski definition) is 7. The number of thiazole rings is 1. The maximum absolute atomic E-state index is 12.2. The van der Waals surface area contributed by atoms with Crippen molar-refractivity contribution in [2.75, 3.05) is 5.32 Å². The molecule has 0 radical (unpaired) electrons. The van der Waals surface area contributed by atoms with Crippen LogP contribution in [0.25, 0.3) is 5.69 Å². The van der Waals surface area contributed by atoms with Crippen molar-refractivity contribution in [2.24, 2.45) is 0 Å². The van der Waals surface area contributed by atoms with Gasteiger partial charge in [0.05, 0.1) is 11.9 Å². The fourth-order valence-electron chi connectivity index (χ4n) is 2.19. The van der Waals surface area contributed by atoms with Crippen molar-refractivity contribution in [2.45, 2.75) is 9.50 Å². The summed E-state index contributed by atoms with van der Waals surface area (Å²) in [6.07, 6.45) is 1.63. The van der Waals surface area contributed by atoms with Crippen LogP contribution in [0.1, 0.15) is 10.4 Å². The van der Waals surface area contributed by atoms with E-state index in [4.69, 9.17) is 0 Å². The highest BCUT2D eigenvalue weighted by Gasteiger charge is 2.14. The summed E-state index contributed by atoms with van der Waals surface area (Å²) in [5.74, 6) is -0.167. The molecule has 0 aliphatic carbocycles. The Kier molecular flexibility index (Phi) is 4.71. The van der Waals surface area contributed by atoms with Crippen molar-refractivity contribution < 1.29 is 4.79 Å². The Labute approximate surface area is 157 Å². The van der Waals surface area contributed by atoms with Gasteiger partial charge >= 0.3 is 0 Å². The van der Waals surface area contributed by atoms with E-state index in [1.54, 1.807) is 23.0 Å². The molecule has 2 aromatic heterocycles. The number of aromatic nitrogens is 5. The van der Waals surface area contributed by atoms with Gasteiger partial charge in [0.15, 0.2) is 4.34 Å². The summed E-state index contributed by atoms with van der Waals surface area (Å²) < 4.78 is 2.38. The normalized spacial score (nSPS) is 10.6. The Balaban J connectivity index is 1.48. The number of amides is 1. The predicted molar refractivity (Wildman–Crippen MR) is 99.8 cm³/mol. The average molecular weight is 380 g/mol. The second-order valence-corrected chi connectivity index (χ2v) is 7.37. The van der Waals surface area contributed by atoms with E-state index in [-0.39, 0.29) is 5.91 Å². The van der Waals surface area contributed by atoms with Crippen molar-refractivity contribution in [1.29, 1.82) is 0 Å². The fourth-order valence-corrected chi connectivity index (χ4v) is 3.96. The van der Waals surface area contributed by atoms with Gasteiger partial charge < -0.3 is 5.32 Å². The first-order valence-corrected chi connectivity index (χ1v) is 9.27. The van der Waals surface area contributed by atoms with Crippen LogP contribution >= 0.6 is 23.1 Å². The van der Waals surface area contributed by atoms with Crippen molar-refractivity contribution >= 4 is 34.0 Å². The van der Waals surface area contributed by atoms with Gasteiger partial charge in [0, 0.05) is 5.56 Å². The maximum atomic E-state index is 12.2. The van der Waals surface area contributed by atoms with Gasteiger partial charge in [-0.05, 0) is 46.5 Å². The van der Waals surface area contributed by atoms with Crippen LogP contribution in [-0.4, -0.2) is 31.1 Å². The molecule has 7 nitrogen and oxygen atoms in total. The Morgan fingerprint density at radius 2 is 1.77 bits per heavy atom. The minimum Gasteiger partial charge on any atom is -0.312 e. The van der Waals surface area contributed by atoms with Crippen LogP contribution in [0, 0.1) is 0 Å². The van der Waals surface area contributed by atoms with E-state index >= 15 is 0 Å². The maximum Gasteiger partial charge on any atom is 0.256 e. The van der Waals surface area contributed by atoms with E-state index < -0.39 is 0 Å². The summed E-state index contributed by atoms with van der Waals surface area (Å²) in [4.78, 5) is 16.5. The molecular weight excluding hydrogens is 368 g/mol. The van der Waals surface area contributed by atoms with E-state index in [0.717, 1.165) is 10.0 Å². The van der Waals surface area contributed by atoms with Crippen molar-refractivity contribution in [1.82, 2.24) is 25.2 Å². The lowest BCUT2D eigenvalue weighted by molar-refractivity contribution is 0.102. The standard InChI is InChI=1S/C17H12N6OS2/c24-15(12-7-3-1-4-8-12)19-14-11-18-17(25-14)26-16-20-21-22-23(16)13-9-5-2-6-10-13/h1-11H,(H,19,24). The fraction of sp³-hybridized carbons (Fsp3) is 0. The van der Waals surface area contributed by atoms with Crippen LogP contribution in [0.2, 0.25) is 0 Å². The third-order valence-corrected chi connectivity index (χ3v) is 5.30. The molecule has 0 atom stereocenters. The SMILES string of the molecule is O=C(Nc1cnc(Sc2nnnn2-c2ccccc2)s1)c1ccccc1. The zero-order chi connectivity index (χ0) is 17.8. The first-order valence-electron chi connectivity index (χ1n) is 7.63. The molecule has 0 aliphatic heterocycles. The molecular formula is C17H12N6OS2. The number of anilines is 1. The van der Waals surface area contributed by atoms with E-state index in [0.29, 0.717) is 15.7 Å². The molecule has 2 aromatic carbocycles. The van der Waals surface area contributed by atoms with Gasteiger partial charge in [0.1, 0.15) is 5.00 Å². The number of nitrogens with one attached hydrogen (secondary N) is 1. The second kappa shape index (κ2) is 7.46. The molecule has 0 bridgehead atoms. The number of carbonyl (C=O) groups is 1. The summed E-state index contributed by atoms with van der Waals surface area (Å²) in [6.45, 7) is 0. The van der Waals surface area contributed by atoms with Gasteiger partial charge in [0.2, 0.25) is 5.16 Å². The van der Waals surface area contributed by atoms with Gasteiger partial charge in [-0.2, -0.15) is 4.68 Å². The molecule has 26 heavy (non-hydrogen) atoms. The third kappa shape index (κ3) is 3.63. The average Bonchev–Trinajstić information content (AvgIpc) is 3.33. The summed E-state index contributed by atoms with van der Waals surface area (Å²) in [6, 6.07) is 18.7. The minimum atomic E-state index is -0.167. The van der Waals surface area contributed by atoms with Gasteiger partial charge in [-0.1, -0.05) is 47.7 Å². The molecule has 9 heteroatoms. The van der Waals surface area contributed by atoms with Crippen LogP contribution in [0.4, 0.5) is 5.00 Å². The number of carbonyl (C=O) groups excluding carboxylic acids is 1. The lowest BCUT2D eigenvalue weighted by Crippen LogP contribution is -2.10. The van der Waals surface area contributed by atoms with Crippen LogP contribution < -0.4 is 5.32 Å². The van der Waals surface area contributed by atoms with E-state index in [9.17, 15) is 4.79 Å². The smallest absolute Gasteiger partial charge is 0.256 e. The van der Waals surface area contributed by atoms with Gasteiger partial charge in [-0.25, -0.2) is 4.98 Å². The van der Waals surface area contributed by atoms with Gasteiger partial charge in [-0.15, -0.1) is 5.10 Å². The largest absolute Gasteiger partial charge is 0.312 e. The summed E-state index contributed by atoms with van der Waals surface area (Å²) >= 11 is 2.71. The molecule has 4 rings (SSSR count). The predicted octanol–water partition coefficient (Wildman–Crippen LogP) is 3.52. The van der Waals surface area contributed by atoms with Crippen molar-refractivity contribution in [3.05, 3.63) is 72.4 Å². The number of hydrogen-bond donors (Lipinski definition) is 1. The molecule has 2 heterocycles. The Morgan fingerprint density at radius 3 is 2.54 bits per heavy atom. The van der Waals surface area contributed by atoms with Crippen molar-refractivity contribution in [3.63, 3.8) is 0 Å². The lowest BCUT2D eigenvalue weighted by Gasteiger charge is -2.02. The van der Waals surface area contributed by atoms with Gasteiger partial charge in [0.25, 0.3) is 5.91 Å². The molecule has 0 fully saturated rings. The van der Waals surface area contributed by atoms with Gasteiger partial charge in [-0.3, -0.25) is 4.79 Å². The molecule has 1 N–H and O–H groups in total. The first-order chi connectivity index (χ1) is 12.8. The third-order valence-electron chi connectivity index (χ3n) is 3.38. The first kappa shape index (κ1) is 16.4. The highest BCUT2D eigenvalue weighted by Crippen LogP contribution is 2.32. The number of nitrogens with zero attached hydrogens (tertiary/aromatic N) is 5. The number of rotatable bonds is 5. The zero-order valence-corrected chi connectivity index (χ0v) is 14.9. The monoisotopic (exact) mass is 380 g/mol. The lowest BCUT2D eigenvalue weighted by atomic mass is 10.2. The number of para-hydroxylation sites is 1. The molecule has 0 aliphatic rings. The van der Waals surface area contributed by atoms with Crippen LogP contribution in [0.5, 0.6) is 0 Å². The molecule has 0 spiro atoms. The van der Waals surface area contributed by atoms with Crippen LogP contribution in [0.3, 0.4) is 0 Å². The Morgan fingerprint density at radius 1 is 1.04 bits per heavy atom. The molecule has 4 aromatic rings. The quantitative estimate of drug-likeness (QED) is 0.570. The Hall–Kier alpha value is -3.04. The van der Waals surface area contributed by atoms with E-state index in [1.807, 2.05) is 48.5 Å². The molecule has 0 unspecified atom stereocenters. The highest BCUT2D eigenvalue weighted by atomic mass is 32.2. The summed E-state index contributed by atoms with van der Waals surface area (Å²) in [7, 11) is 0. The van der Waals surface area contributed by atoms with E-state index in [2.05, 4.69) is 25.8 Å². The van der Waals surface area contributed by atoms with Crippen LogP contribution in [0.15, 0.2) is 76.4 Å². The van der Waals surface area contributed by atoms with Crippen LogP contribution in [-0.2, 0) is 0 Å². The minimum absolute atomic E-state index is 0.167. The second-order valence-electron chi connectivity index (χ2n) is 5.12. The number of tetrazole rings is 1. The summed E-state index contributed by atoms with van der Waals surface area (Å²) in [5, 5.41) is 15.9. The molecule has 128 valence electrons. The van der Waals surface area contributed by atoms with Crippen molar-refractivity contribution in [3.8, 4) is 5.69 Å². The molecule has 1 amide bonds. The van der Waals surface area contributed by atoms with E-state index in [1.165, 1.54) is 23.1 Å². The highest BCUT2D eigenvalue weighted by molar-refractivity contribution is 8.01.